The highest BCUT2D eigenvalue weighted by Crippen LogP contribution is 2.09. The third-order valence-electron chi connectivity index (χ3n) is 3.68. The van der Waals surface area contributed by atoms with Crippen LogP contribution in [0.25, 0.3) is 0 Å². The molecule has 0 saturated heterocycles. The van der Waals surface area contributed by atoms with Gasteiger partial charge >= 0.3 is 0 Å². The third kappa shape index (κ3) is 15.7. The van der Waals surface area contributed by atoms with Crippen LogP contribution in [-0.4, -0.2) is 17.9 Å². The number of hydrogen-bond acceptors (Lipinski definition) is 2. The largest absolute Gasteiger partial charge is 0.379 e. The van der Waals surface area contributed by atoms with E-state index >= 15 is 0 Å². The summed E-state index contributed by atoms with van der Waals surface area (Å²) in [5.74, 6) is 0. The van der Waals surface area contributed by atoms with E-state index in [4.69, 9.17) is 0 Å². The summed E-state index contributed by atoms with van der Waals surface area (Å²) in [6.07, 6.45) is 19.6. The smallest absolute Gasteiger partial charge is 0.104 e. The Hall–Kier alpha value is -0.340. The molecule has 0 spiro atoms. The van der Waals surface area contributed by atoms with Gasteiger partial charge in [0.15, 0.2) is 0 Å². The van der Waals surface area contributed by atoms with Crippen LogP contribution in [0.3, 0.4) is 0 Å². The molecule has 20 heavy (non-hydrogen) atoms. The Bertz CT molecular complexity index is 204. The highest BCUT2D eigenvalue weighted by molar-refractivity contribution is 4.81. The van der Waals surface area contributed by atoms with Crippen LogP contribution in [0.4, 0.5) is 0 Å². The molecule has 0 fully saturated rings. The van der Waals surface area contributed by atoms with Crippen molar-refractivity contribution < 1.29 is 5.11 Å². The molecular formula is C18H37NO. The number of rotatable bonds is 15. The van der Waals surface area contributed by atoms with Gasteiger partial charge in [-0.15, -0.1) is 0 Å². The van der Waals surface area contributed by atoms with E-state index in [2.05, 4.69) is 24.4 Å². The van der Waals surface area contributed by atoms with Crippen molar-refractivity contribution in [3.63, 3.8) is 0 Å². The molecule has 1 atom stereocenters. The predicted octanol–water partition coefficient (Wildman–Crippen LogP) is 5.17. The molecule has 0 heterocycles. The first kappa shape index (κ1) is 19.7. The minimum atomic E-state index is -0.296. The lowest BCUT2D eigenvalue weighted by molar-refractivity contribution is 0.127. The van der Waals surface area contributed by atoms with Gasteiger partial charge in [-0.1, -0.05) is 64.5 Å². The summed E-state index contributed by atoms with van der Waals surface area (Å²) in [4.78, 5) is 0. The maximum atomic E-state index is 9.51. The highest BCUT2D eigenvalue weighted by Gasteiger charge is 1.99. The number of aliphatic hydroxyl groups excluding tert-OH is 1. The van der Waals surface area contributed by atoms with Crippen molar-refractivity contribution in [2.24, 2.45) is 0 Å². The van der Waals surface area contributed by atoms with Gasteiger partial charge in [0, 0.05) is 0 Å². The van der Waals surface area contributed by atoms with Crippen LogP contribution >= 0.6 is 0 Å². The highest BCUT2D eigenvalue weighted by atomic mass is 16.3. The monoisotopic (exact) mass is 283 g/mol. The second-order valence-corrected chi connectivity index (χ2v) is 5.74. The molecule has 0 aliphatic heterocycles. The Morgan fingerprint density at radius 1 is 0.800 bits per heavy atom. The van der Waals surface area contributed by atoms with Crippen LogP contribution in [0.5, 0.6) is 0 Å². The van der Waals surface area contributed by atoms with Crippen molar-refractivity contribution in [1.29, 1.82) is 0 Å². The van der Waals surface area contributed by atoms with Gasteiger partial charge in [0.2, 0.25) is 0 Å². The number of allylic oxidation sites excluding steroid dienone is 2. The molecule has 0 saturated carbocycles. The lowest BCUT2D eigenvalue weighted by Gasteiger charge is -2.10. The predicted molar refractivity (Wildman–Crippen MR) is 89.9 cm³/mol. The fourth-order valence-electron chi connectivity index (χ4n) is 2.39. The average molecular weight is 284 g/mol. The van der Waals surface area contributed by atoms with Gasteiger partial charge in [0.25, 0.3) is 0 Å². The van der Waals surface area contributed by atoms with Gasteiger partial charge in [0.05, 0.1) is 0 Å². The minimum absolute atomic E-state index is 0.296. The zero-order valence-corrected chi connectivity index (χ0v) is 13.9. The van der Waals surface area contributed by atoms with E-state index in [-0.39, 0.29) is 6.23 Å². The molecule has 0 bridgehead atoms. The first-order valence-electron chi connectivity index (χ1n) is 8.87. The maximum absolute atomic E-state index is 9.51. The molecule has 0 aliphatic rings. The van der Waals surface area contributed by atoms with E-state index < -0.39 is 0 Å². The van der Waals surface area contributed by atoms with E-state index in [1.165, 1.54) is 64.2 Å². The van der Waals surface area contributed by atoms with Crippen molar-refractivity contribution in [2.45, 2.75) is 97.1 Å². The Labute approximate surface area is 127 Å². The Balaban J connectivity index is 3.10. The molecule has 0 aliphatic carbocycles. The van der Waals surface area contributed by atoms with Gasteiger partial charge in [-0.05, 0) is 45.1 Å². The summed E-state index contributed by atoms with van der Waals surface area (Å²) in [7, 11) is 0. The zero-order chi connectivity index (χ0) is 14.9. The molecule has 2 heteroatoms. The summed E-state index contributed by atoms with van der Waals surface area (Å²) in [6, 6.07) is 0. The Morgan fingerprint density at radius 3 is 1.95 bits per heavy atom. The van der Waals surface area contributed by atoms with Gasteiger partial charge in [-0.3, -0.25) is 5.32 Å². The molecule has 0 aromatic carbocycles. The second-order valence-electron chi connectivity index (χ2n) is 5.74. The Morgan fingerprint density at radius 2 is 1.35 bits per heavy atom. The number of aliphatic hydroxyl groups is 1. The van der Waals surface area contributed by atoms with Crippen LogP contribution in [0.2, 0.25) is 0 Å². The van der Waals surface area contributed by atoms with Crippen LogP contribution in [0.15, 0.2) is 12.2 Å². The van der Waals surface area contributed by atoms with Crippen LogP contribution in [0, 0.1) is 0 Å². The lowest BCUT2D eigenvalue weighted by Crippen LogP contribution is -2.27. The Kier molecular flexibility index (Phi) is 16.4. The summed E-state index contributed by atoms with van der Waals surface area (Å²) in [6.45, 7) is 5.14. The van der Waals surface area contributed by atoms with E-state index in [1.54, 1.807) is 0 Å². The zero-order valence-electron chi connectivity index (χ0n) is 13.9. The fraction of sp³-hybridized carbons (Fsp3) is 0.889. The van der Waals surface area contributed by atoms with Crippen molar-refractivity contribution in [1.82, 2.24) is 5.32 Å². The van der Waals surface area contributed by atoms with E-state index in [1.807, 2.05) is 6.92 Å². The standard InChI is InChI=1S/C18H37NO/c1-3-5-6-7-8-9-10-11-12-13-14-15-16-17-18(20)19-4-2/h9-10,18-20H,3-8,11-17H2,1-2H3/b10-9-. The molecule has 0 aromatic heterocycles. The molecule has 0 aromatic rings. The quantitative estimate of drug-likeness (QED) is 0.247. The molecule has 0 radical (unpaired) electrons. The van der Waals surface area contributed by atoms with Crippen molar-refractivity contribution in [3.8, 4) is 0 Å². The minimum Gasteiger partial charge on any atom is -0.379 e. The normalized spacial score (nSPS) is 13.2. The number of unbranched alkanes of at least 4 members (excludes halogenated alkanes) is 9. The lowest BCUT2D eigenvalue weighted by atomic mass is 10.1. The van der Waals surface area contributed by atoms with Gasteiger partial charge in [0.1, 0.15) is 6.23 Å². The summed E-state index contributed by atoms with van der Waals surface area (Å²) < 4.78 is 0. The number of hydrogen-bond donors (Lipinski definition) is 2. The molecule has 0 amide bonds. The van der Waals surface area contributed by atoms with Crippen LogP contribution in [0.1, 0.15) is 90.9 Å². The summed E-state index contributed by atoms with van der Waals surface area (Å²) >= 11 is 0. The first-order chi connectivity index (χ1) is 9.81. The van der Waals surface area contributed by atoms with E-state index in [0.29, 0.717) is 0 Å². The van der Waals surface area contributed by atoms with Crippen LogP contribution in [-0.2, 0) is 0 Å². The van der Waals surface area contributed by atoms with Crippen molar-refractivity contribution in [2.75, 3.05) is 6.54 Å². The second kappa shape index (κ2) is 16.7. The van der Waals surface area contributed by atoms with E-state index in [0.717, 1.165) is 19.4 Å². The molecule has 2 nitrogen and oxygen atoms in total. The molecular weight excluding hydrogens is 246 g/mol. The molecule has 1 unspecified atom stereocenters. The first-order valence-corrected chi connectivity index (χ1v) is 8.87. The fourth-order valence-corrected chi connectivity index (χ4v) is 2.39. The van der Waals surface area contributed by atoms with Crippen molar-refractivity contribution >= 4 is 0 Å². The van der Waals surface area contributed by atoms with Crippen molar-refractivity contribution in [3.05, 3.63) is 12.2 Å². The number of nitrogens with one attached hydrogen (secondary N) is 1. The molecule has 0 rings (SSSR count). The summed E-state index contributed by atoms with van der Waals surface area (Å²) in [5, 5.41) is 12.5. The van der Waals surface area contributed by atoms with Gasteiger partial charge in [-0.25, -0.2) is 0 Å². The van der Waals surface area contributed by atoms with Gasteiger partial charge in [-0.2, -0.15) is 0 Å². The van der Waals surface area contributed by atoms with Crippen LogP contribution < -0.4 is 5.32 Å². The maximum Gasteiger partial charge on any atom is 0.104 e. The topological polar surface area (TPSA) is 32.3 Å². The van der Waals surface area contributed by atoms with Gasteiger partial charge < -0.3 is 5.11 Å². The molecule has 2 N–H and O–H groups in total. The SMILES string of the molecule is CCCCCC/C=C\CCCCCCCC(O)NCC. The average Bonchev–Trinajstić information content (AvgIpc) is 2.44. The third-order valence-corrected chi connectivity index (χ3v) is 3.68. The van der Waals surface area contributed by atoms with E-state index in [9.17, 15) is 5.11 Å². The molecule has 120 valence electrons. The summed E-state index contributed by atoms with van der Waals surface area (Å²) in [5.41, 5.74) is 0.